The van der Waals surface area contributed by atoms with Crippen LogP contribution in [0.4, 0.5) is 0 Å². The molecule has 0 atom stereocenters. The molecule has 0 aliphatic rings. The maximum atomic E-state index is 8.67. The van der Waals surface area contributed by atoms with Gasteiger partial charge in [-0.05, 0) is 17.5 Å². The number of nitriles is 1. The van der Waals surface area contributed by atoms with E-state index in [9.17, 15) is 0 Å². The highest BCUT2D eigenvalue weighted by atomic mass is 14.9. The summed E-state index contributed by atoms with van der Waals surface area (Å²) in [7, 11) is 0. The molecule has 1 heterocycles. The number of aromatic nitrogens is 2. The summed E-state index contributed by atoms with van der Waals surface area (Å²) >= 11 is 0. The molecule has 0 fully saturated rings. The van der Waals surface area contributed by atoms with Crippen LogP contribution in [-0.2, 0) is 6.42 Å². The first-order chi connectivity index (χ1) is 7.83. The summed E-state index contributed by atoms with van der Waals surface area (Å²) < 4.78 is 0. The molecular weight excluding hydrogens is 198 g/mol. The van der Waals surface area contributed by atoms with Crippen LogP contribution in [0.15, 0.2) is 30.5 Å². The number of rotatable bonds is 3. The molecule has 0 unspecified atom stereocenters. The van der Waals surface area contributed by atoms with Crippen LogP contribution in [-0.4, -0.2) is 9.97 Å². The van der Waals surface area contributed by atoms with Crippen molar-refractivity contribution in [3.63, 3.8) is 0 Å². The van der Waals surface area contributed by atoms with E-state index >= 15 is 0 Å². The summed E-state index contributed by atoms with van der Waals surface area (Å²) in [6.07, 6.45) is 3.95. The fourth-order valence-corrected chi connectivity index (χ4v) is 1.66. The highest BCUT2D eigenvalue weighted by Crippen LogP contribution is 2.18. The number of imidazole rings is 1. The Balaban J connectivity index is 2.24. The SMILES string of the molecule is CCCc1ccc(-c2cnc(C#N)[nH]2)cc1. The molecule has 16 heavy (non-hydrogen) atoms. The molecule has 80 valence electrons. The molecule has 0 saturated carbocycles. The molecule has 0 saturated heterocycles. The minimum atomic E-state index is 0.354. The lowest BCUT2D eigenvalue weighted by atomic mass is 10.1. The number of hydrogen-bond acceptors (Lipinski definition) is 2. The van der Waals surface area contributed by atoms with E-state index in [0.717, 1.165) is 24.1 Å². The largest absolute Gasteiger partial charge is 0.329 e. The summed E-state index contributed by atoms with van der Waals surface area (Å²) in [5, 5.41) is 8.67. The Morgan fingerprint density at radius 3 is 2.62 bits per heavy atom. The van der Waals surface area contributed by atoms with Crippen LogP contribution >= 0.6 is 0 Å². The number of benzene rings is 1. The minimum absolute atomic E-state index is 0.354. The minimum Gasteiger partial charge on any atom is -0.329 e. The van der Waals surface area contributed by atoms with Gasteiger partial charge in [-0.3, -0.25) is 0 Å². The lowest BCUT2D eigenvalue weighted by molar-refractivity contribution is 0.922. The molecule has 0 spiro atoms. The van der Waals surface area contributed by atoms with Crippen molar-refractivity contribution < 1.29 is 0 Å². The van der Waals surface area contributed by atoms with Crippen molar-refractivity contribution in [3.8, 4) is 17.3 Å². The maximum absolute atomic E-state index is 8.67. The fourth-order valence-electron chi connectivity index (χ4n) is 1.66. The molecule has 3 heteroatoms. The zero-order valence-corrected chi connectivity index (χ0v) is 9.20. The smallest absolute Gasteiger partial charge is 0.210 e. The van der Waals surface area contributed by atoms with Gasteiger partial charge in [-0.25, -0.2) is 4.98 Å². The Morgan fingerprint density at radius 2 is 2.06 bits per heavy atom. The molecule has 0 aliphatic carbocycles. The van der Waals surface area contributed by atoms with Gasteiger partial charge in [-0.1, -0.05) is 37.6 Å². The first-order valence-electron chi connectivity index (χ1n) is 5.38. The maximum Gasteiger partial charge on any atom is 0.210 e. The van der Waals surface area contributed by atoms with Crippen LogP contribution in [0.1, 0.15) is 24.7 Å². The quantitative estimate of drug-likeness (QED) is 0.848. The molecule has 3 nitrogen and oxygen atoms in total. The number of aromatic amines is 1. The lowest BCUT2D eigenvalue weighted by Crippen LogP contribution is -1.83. The molecule has 1 aromatic heterocycles. The Kier molecular flexibility index (Phi) is 3.02. The van der Waals surface area contributed by atoms with Crippen LogP contribution in [0, 0.1) is 11.3 Å². The van der Waals surface area contributed by atoms with Crippen molar-refractivity contribution in [2.45, 2.75) is 19.8 Å². The molecule has 0 amide bonds. The van der Waals surface area contributed by atoms with Crippen molar-refractivity contribution in [1.82, 2.24) is 9.97 Å². The van der Waals surface area contributed by atoms with Gasteiger partial charge >= 0.3 is 0 Å². The van der Waals surface area contributed by atoms with Gasteiger partial charge in [0.25, 0.3) is 0 Å². The summed E-state index contributed by atoms with van der Waals surface area (Å²) in [5.74, 6) is 0.354. The zero-order chi connectivity index (χ0) is 11.4. The Labute approximate surface area is 94.8 Å². The molecule has 0 bridgehead atoms. The van der Waals surface area contributed by atoms with E-state index < -0.39 is 0 Å². The number of aryl methyl sites for hydroxylation is 1. The molecule has 0 radical (unpaired) electrons. The Hall–Kier alpha value is -2.08. The fraction of sp³-hybridized carbons (Fsp3) is 0.231. The number of H-pyrrole nitrogens is 1. The number of nitrogens with one attached hydrogen (secondary N) is 1. The second kappa shape index (κ2) is 4.63. The topological polar surface area (TPSA) is 52.5 Å². The third-order valence-electron chi connectivity index (χ3n) is 2.49. The van der Waals surface area contributed by atoms with Gasteiger partial charge in [0.15, 0.2) is 0 Å². The van der Waals surface area contributed by atoms with Crippen LogP contribution < -0.4 is 0 Å². The van der Waals surface area contributed by atoms with Crippen LogP contribution in [0.5, 0.6) is 0 Å². The predicted octanol–water partition coefficient (Wildman–Crippen LogP) is 2.90. The second-order valence-corrected chi connectivity index (χ2v) is 3.70. The van der Waals surface area contributed by atoms with Crippen molar-refractivity contribution in [3.05, 3.63) is 41.9 Å². The predicted molar refractivity (Wildman–Crippen MR) is 62.7 cm³/mol. The van der Waals surface area contributed by atoms with E-state index in [1.54, 1.807) is 6.20 Å². The van der Waals surface area contributed by atoms with E-state index in [4.69, 9.17) is 5.26 Å². The average molecular weight is 211 g/mol. The van der Waals surface area contributed by atoms with E-state index in [0.29, 0.717) is 5.82 Å². The van der Waals surface area contributed by atoms with Crippen LogP contribution in [0.3, 0.4) is 0 Å². The Morgan fingerprint density at radius 1 is 1.31 bits per heavy atom. The van der Waals surface area contributed by atoms with Gasteiger partial charge in [0.05, 0.1) is 11.9 Å². The van der Waals surface area contributed by atoms with Crippen molar-refractivity contribution in [1.29, 1.82) is 5.26 Å². The highest BCUT2D eigenvalue weighted by Gasteiger charge is 2.02. The third-order valence-corrected chi connectivity index (χ3v) is 2.49. The first kappa shape index (κ1) is 10.4. The van der Waals surface area contributed by atoms with Gasteiger partial charge in [0.1, 0.15) is 6.07 Å². The summed E-state index contributed by atoms with van der Waals surface area (Å²) in [6.45, 7) is 2.17. The van der Waals surface area contributed by atoms with Crippen molar-refractivity contribution in [2.75, 3.05) is 0 Å². The van der Waals surface area contributed by atoms with Gasteiger partial charge in [-0.15, -0.1) is 0 Å². The molecule has 1 N–H and O–H groups in total. The van der Waals surface area contributed by atoms with Crippen LogP contribution in [0.2, 0.25) is 0 Å². The summed E-state index contributed by atoms with van der Waals surface area (Å²) in [6, 6.07) is 10.3. The van der Waals surface area contributed by atoms with Crippen LogP contribution in [0.25, 0.3) is 11.3 Å². The summed E-state index contributed by atoms with van der Waals surface area (Å²) in [5.41, 5.74) is 3.29. The monoisotopic (exact) mass is 211 g/mol. The van der Waals surface area contributed by atoms with E-state index in [2.05, 4.69) is 41.2 Å². The highest BCUT2D eigenvalue weighted by molar-refractivity contribution is 5.59. The van der Waals surface area contributed by atoms with Gasteiger partial charge < -0.3 is 4.98 Å². The van der Waals surface area contributed by atoms with E-state index in [1.807, 2.05) is 6.07 Å². The molecule has 1 aromatic carbocycles. The van der Waals surface area contributed by atoms with Crippen molar-refractivity contribution >= 4 is 0 Å². The zero-order valence-electron chi connectivity index (χ0n) is 9.20. The summed E-state index contributed by atoms with van der Waals surface area (Å²) in [4.78, 5) is 6.91. The van der Waals surface area contributed by atoms with Gasteiger partial charge in [0.2, 0.25) is 5.82 Å². The first-order valence-corrected chi connectivity index (χ1v) is 5.38. The van der Waals surface area contributed by atoms with E-state index in [1.165, 1.54) is 5.56 Å². The standard InChI is InChI=1S/C13H13N3/c1-2-3-10-4-6-11(7-5-10)12-9-15-13(8-14)16-12/h4-7,9H,2-3H2,1H3,(H,15,16). The molecule has 2 aromatic rings. The van der Waals surface area contributed by atoms with Gasteiger partial charge in [0, 0.05) is 0 Å². The Bertz CT molecular complexity index is 503. The van der Waals surface area contributed by atoms with Crippen molar-refractivity contribution in [2.24, 2.45) is 0 Å². The van der Waals surface area contributed by atoms with Gasteiger partial charge in [-0.2, -0.15) is 5.26 Å². The normalized spacial score (nSPS) is 10.0. The molecule has 2 rings (SSSR count). The number of hydrogen-bond donors (Lipinski definition) is 1. The lowest BCUT2D eigenvalue weighted by Gasteiger charge is -2.00. The average Bonchev–Trinajstić information content (AvgIpc) is 2.79. The number of nitrogens with zero attached hydrogens (tertiary/aromatic N) is 2. The van der Waals surface area contributed by atoms with E-state index in [-0.39, 0.29) is 0 Å². The molecular formula is C13H13N3. The third kappa shape index (κ3) is 2.12. The molecule has 0 aliphatic heterocycles. The second-order valence-electron chi connectivity index (χ2n) is 3.70.